The predicted molar refractivity (Wildman–Crippen MR) is 334 cm³/mol. The summed E-state index contributed by atoms with van der Waals surface area (Å²) in [7, 11) is 5.92. The number of esters is 2. The third-order valence-electron chi connectivity index (χ3n) is 13.8. The van der Waals surface area contributed by atoms with Gasteiger partial charge in [-0.2, -0.15) is 0 Å². The van der Waals surface area contributed by atoms with Gasteiger partial charge in [0.2, 0.25) is 0 Å². The lowest BCUT2D eigenvalue weighted by atomic mass is 10.0. The quantitative estimate of drug-likeness (QED) is 0.0195. The number of rotatable bonds is 59. The molecule has 0 saturated carbocycles. The van der Waals surface area contributed by atoms with Crippen molar-refractivity contribution < 1.29 is 42.9 Å². The van der Waals surface area contributed by atoms with Crippen LogP contribution in [-0.4, -0.2) is 82.3 Å². The Bertz CT molecular complexity index is 1620. The van der Waals surface area contributed by atoms with E-state index in [1.54, 1.807) is 0 Å². The molecule has 0 aliphatic heterocycles. The van der Waals surface area contributed by atoms with Crippen LogP contribution in [0.3, 0.4) is 0 Å². The lowest BCUT2D eigenvalue weighted by Crippen LogP contribution is -2.44. The average molecular weight is 1100 g/mol. The van der Waals surface area contributed by atoms with E-state index in [-0.39, 0.29) is 38.6 Å². The Balaban J connectivity index is 4.05. The Labute approximate surface area is 486 Å². The second-order valence-corrected chi connectivity index (χ2v) is 22.6. The molecule has 0 fully saturated rings. The molecule has 0 N–H and O–H groups in total. The number of carbonyl (C=O) groups excluding carboxylic acids is 3. The molecule has 0 aliphatic rings. The highest BCUT2D eigenvalue weighted by Crippen LogP contribution is 2.17. The lowest BCUT2D eigenvalue weighted by Gasteiger charge is -2.26. The number of hydrogen-bond acceptors (Lipinski definition) is 8. The second-order valence-electron chi connectivity index (χ2n) is 22.6. The number of quaternary nitrogens is 1. The topological polar surface area (TPSA) is 111 Å². The van der Waals surface area contributed by atoms with Crippen LogP contribution >= 0.6 is 0 Å². The molecular weight excluding hydrogens is 983 g/mol. The average Bonchev–Trinajstić information content (AvgIpc) is 3.42. The first kappa shape index (κ1) is 75.2. The van der Waals surface area contributed by atoms with E-state index in [0.29, 0.717) is 17.4 Å². The van der Waals surface area contributed by atoms with Gasteiger partial charge in [0.05, 0.1) is 40.3 Å². The fraction of sp³-hybridized carbons (Fsp3) is 0.729. The molecule has 0 spiro atoms. The van der Waals surface area contributed by atoms with Gasteiger partial charge in [0, 0.05) is 12.8 Å². The summed E-state index contributed by atoms with van der Waals surface area (Å²) in [5.41, 5.74) is 0. The molecular formula is C70H121NO8. The zero-order valence-corrected chi connectivity index (χ0v) is 51.7. The number of hydrogen-bond donors (Lipinski definition) is 0. The molecule has 0 bridgehead atoms. The maximum atomic E-state index is 12.9. The van der Waals surface area contributed by atoms with E-state index in [2.05, 4.69) is 111 Å². The van der Waals surface area contributed by atoms with Gasteiger partial charge in [-0.25, -0.2) is 0 Å². The van der Waals surface area contributed by atoms with Crippen molar-refractivity contribution in [2.75, 3.05) is 47.5 Å². The smallest absolute Gasteiger partial charge is 0.306 e. The van der Waals surface area contributed by atoms with Crippen molar-refractivity contribution in [1.82, 2.24) is 0 Å². The number of ether oxygens (including phenoxy) is 4. The van der Waals surface area contributed by atoms with Crippen molar-refractivity contribution in [3.63, 3.8) is 0 Å². The summed E-state index contributed by atoms with van der Waals surface area (Å²) in [5.74, 6) is -2.29. The first-order chi connectivity index (χ1) is 38.6. The highest BCUT2D eigenvalue weighted by Gasteiger charge is 2.22. The van der Waals surface area contributed by atoms with E-state index >= 15 is 0 Å². The number of unbranched alkanes of at least 4 members (excludes halogenated alkanes) is 28. The van der Waals surface area contributed by atoms with Crippen LogP contribution in [-0.2, 0) is 33.3 Å². The van der Waals surface area contributed by atoms with Gasteiger partial charge in [-0.15, -0.1) is 0 Å². The minimum Gasteiger partial charge on any atom is -0.545 e. The fourth-order valence-corrected chi connectivity index (χ4v) is 8.93. The Hall–Kier alpha value is -3.79. The number of aliphatic carboxylic acids is 1. The van der Waals surface area contributed by atoms with Crippen LogP contribution in [0.5, 0.6) is 0 Å². The summed E-state index contributed by atoms with van der Waals surface area (Å²) >= 11 is 0. The van der Waals surface area contributed by atoms with Gasteiger partial charge in [-0.1, -0.05) is 265 Å². The number of nitrogens with zero attached hydrogens (tertiary/aromatic N) is 1. The van der Waals surface area contributed by atoms with Crippen molar-refractivity contribution in [3.8, 4) is 0 Å². The Morgan fingerprint density at radius 3 is 1.01 bits per heavy atom. The summed E-state index contributed by atoms with van der Waals surface area (Å²) < 4.78 is 22.7. The highest BCUT2D eigenvalue weighted by atomic mass is 16.7. The maximum absolute atomic E-state index is 12.9. The Morgan fingerprint density at radius 1 is 0.380 bits per heavy atom. The van der Waals surface area contributed by atoms with Crippen molar-refractivity contribution in [1.29, 1.82) is 0 Å². The molecule has 2 atom stereocenters. The monoisotopic (exact) mass is 1100 g/mol. The van der Waals surface area contributed by atoms with Crippen LogP contribution in [0, 0.1) is 0 Å². The van der Waals surface area contributed by atoms with Gasteiger partial charge in [0.25, 0.3) is 0 Å². The second kappa shape index (κ2) is 60.3. The SMILES string of the molecule is CC/C=C\C/C=C\C/C=C\C/C=C\C/C=C\CCCCCCCCCCCCCCCCCCCCCCCC(=O)OC(COC(=O)CCCCCCCCC/C=C\C/C=C\C/C=C\CC)COC(OCC[N+](C)(C)C)C(=O)[O-]. The third kappa shape index (κ3) is 61.7. The van der Waals surface area contributed by atoms with Gasteiger partial charge < -0.3 is 33.3 Å². The van der Waals surface area contributed by atoms with Crippen molar-refractivity contribution in [2.45, 2.75) is 283 Å². The summed E-state index contributed by atoms with van der Waals surface area (Å²) in [6.45, 7) is 4.53. The first-order valence-corrected chi connectivity index (χ1v) is 32.4. The standard InChI is InChI=1S/C70H121NO8/c1-6-8-10-12-14-16-18-20-22-24-25-26-27-28-29-30-31-32-33-34-35-36-37-38-39-40-41-42-43-45-47-49-51-53-55-57-59-61-68(73)79-66(65-78-70(69(74)75)76-63-62-71(3,4)5)64-77-67(72)60-58-56-54-52-50-48-46-44-23-21-19-17-15-13-11-9-7-2/h8-11,14-17,20-23,25-26,28-29,66,70H,6-7,12-13,18-19,24,27,30-65H2,1-5H3/b10-8-,11-9-,16-14-,17-15-,22-20-,23-21-,26-25-,29-28-. The first-order valence-electron chi connectivity index (χ1n) is 32.4. The zero-order valence-electron chi connectivity index (χ0n) is 51.7. The van der Waals surface area contributed by atoms with Gasteiger partial charge in [0.15, 0.2) is 12.4 Å². The summed E-state index contributed by atoms with van der Waals surface area (Å²) in [4.78, 5) is 37.3. The van der Waals surface area contributed by atoms with Crippen LogP contribution < -0.4 is 5.11 Å². The van der Waals surface area contributed by atoms with Crippen molar-refractivity contribution in [3.05, 3.63) is 97.2 Å². The van der Waals surface area contributed by atoms with E-state index in [1.165, 1.54) is 141 Å². The molecule has 0 heterocycles. The maximum Gasteiger partial charge on any atom is 0.306 e. The highest BCUT2D eigenvalue weighted by molar-refractivity contribution is 5.70. The van der Waals surface area contributed by atoms with Crippen molar-refractivity contribution >= 4 is 17.9 Å². The lowest BCUT2D eigenvalue weighted by molar-refractivity contribution is -0.870. The van der Waals surface area contributed by atoms with E-state index in [4.69, 9.17) is 18.9 Å². The molecule has 0 rings (SSSR count). The number of carboxylic acids is 1. The Morgan fingerprint density at radius 2 is 0.684 bits per heavy atom. The largest absolute Gasteiger partial charge is 0.545 e. The molecule has 9 heteroatoms. The molecule has 0 aromatic heterocycles. The van der Waals surface area contributed by atoms with E-state index < -0.39 is 24.3 Å². The molecule has 454 valence electrons. The minimum atomic E-state index is -1.63. The molecule has 0 saturated heterocycles. The number of allylic oxidation sites excluding steroid dienone is 16. The van der Waals surface area contributed by atoms with Gasteiger partial charge in [0.1, 0.15) is 13.2 Å². The number of carboxylic acid groups (broad SMARTS) is 1. The van der Waals surface area contributed by atoms with Gasteiger partial charge >= 0.3 is 11.9 Å². The van der Waals surface area contributed by atoms with Crippen LogP contribution in [0.4, 0.5) is 0 Å². The van der Waals surface area contributed by atoms with Gasteiger partial charge in [-0.3, -0.25) is 9.59 Å². The third-order valence-corrected chi connectivity index (χ3v) is 13.8. The van der Waals surface area contributed by atoms with E-state index in [0.717, 1.165) is 96.3 Å². The summed E-state index contributed by atoms with van der Waals surface area (Å²) in [5, 5.41) is 11.8. The minimum absolute atomic E-state index is 0.144. The fourth-order valence-electron chi connectivity index (χ4n) is 8.93. The predicted octanol–water partition coefficient (Wildman–Crippen LogP) is 18.4. The van der Waals surface area contributed by atoms with Crippen LogP contribution in [0.25, 0.3) is 0 Å². The summed E-state index contributed by atoms with van der Waals surface area (Å²) in [6, 6.07) is 0. The molecule has 0 aliphatic carbocycles. The van der Waals surface area contributed by atoms with E-state index in [1.807, 2.05) is 21.1 Å². The molecule has 9 nitrogen and oxygen atoms in total. The van der Waals surface area contributed by atoms with Crippen LogP contribution in [0.15, 0.2) is 97.2 Å². The molecule has 0 aromatic carbocycles. The Kier molecular flexibility index (Phi) is 57.4. The normalized spacial score (nSPS) is 13.4. The number of likely N-dealkylation sites (N-methyl/N-ethyl adjacent to an activating group) is 1. The van der Waals surface area contributed by atoms with Crippen molar-refractivity contribution in [2.24, 2.45) is 0 Å². The molecule has 0 radical (unpaired) electrons. The molecule has 2 unspecified atom stereocenters. The van der Waals surface area contributed by atoms with Crippen LogP contribution in [0.2, 0.25) is 0 Å². The van der Waals surface area contributed by atoms with Gasteiger partial charge in [-0.05, 0) is 89.9 Å². The summed E-state index contributed by atoms with van der Waals surface area (Å²) in [6.07, 6.45) is 79.1. The molecule has 0 aromatic rings. The van der Waals surface area contributed by atoms with Crippen LogP contribution in [0.1, 0.15) is 271 Å². The number of carbonyl (C=O) groups is 3. The zero-order chi connectivity index (χ0) is 57.6. The van der Waals surface area contributed by atoms with E-state index in [9.17, 15) is 19.5 Å². The molecule has 0 amide bonds. The molecule has 79 heavy (non-hydrogen) atoms.